The second-order valence-electron chi connectivity index (χ2n) is 9.56. The highest BCUT2D eigenvalue weighted by Crippen LogP contribution is 2.36. The van der Waals surface area contributed by atoms with Gasteiger partial charge in [0.2, 0.25) is 0 Å². The highest BCUT2D eigenvalue weighted by molar-refractivity contribution is 5.83. The van der Waals surface area contributed by atoms with Crippen molar-refractivity contribution in [1.82, 2.24) is 9.47 Å². The maximum atomic E-state index is 13.0. The summed E-state index contributed by atoms with van der Waals surface area (Å²) in [5.74, 6) is 0.264. The molecule has 2 atom stereocenters. The summed E-state index contributed by atoms with van der Waals surface area (Å²) in [7, 11) is 0. The van der Waals surface area contributed by atoms with Gasteiger partial charge < -0.3 is 18.6 Å². The minimum absolute atomic E-state index is 0.0435. The molecule has 1 saturated heterocycles. The normalized spacial score (nSPS) is 20.4. The summed E-state index contributed by atoms with van der Waals surface area (Å²) < 4.78 is 12.7. The van der Waals surface area contributed by atoms with Crippen molar-refractivity contribution in [3.63, 3.8) is 0 Å². The van der Waals surface area contributed by atoms with E-state index in [0.717, 1.165) is 47.9 Å². The van der Waals surface area contributed by atoms with Crippen LogP contribution in [0.4, 0.5) is 5.69 Å². The summed E-state index contributed by atoms with van der Waals surface area (Å²) in [6.45, 7) is 1.08. The van der Waals surface area contributed by atoms with Crippen LogP contribution in [0.2, 0.25) is 0 Å². The molecular formula is C25H23N3O7. The number of benzene rings is 1. The molecule has 180 valence electrons. The number of pyridine rings is 1. The first-order valence-corrected chi connectivity index (χ1v) is 11.8. The number of nitro groups is 1. The van der Waals surface area contributed by atoms with Gasteiger partial charge in [-0.15, -0.1) is 0 Å². The lowest BCUT2D eigenvalue weighted by Gasteiger charge is -2.42. The van der Waals surface area contributed by atoms with Gasteiger partial charge in [-0.3, -0.25) is 19.7 Å². The first kappa shape index (κ1) is 21.6. The molecule has 1 amide bonds. The Bertz CT molecular complexity index is 1510. The number of carbonyl (C=O) groups is 1. The fraction of sp³-hybridized carbons (Fsp3) is 0.400. The van der Waals surface area contributed by atoms with Crippen molar-refractivity contribution < 1.29 is 18.9 Å². The van der Waals surface area contributed by atoms with Gasteiger partial charge in [0.1, 0.15) is 11.3 Å². The minimum Gasteiger partial charge on any atom is -0.484 e. The fourth-order valence-electron chi connectivity index (χ4n) is 5.87. The molecule has 4 heterocycles. The lowest BCUT2D eigenvalue weighted by Crippen LogP contribution is -2.50. The number of aryl methyl sites for hydroxylation is 1. The molecule has 3 aromatic rings. The fourth-order valence-corrected chi connectivity index (χ4v) is 5.87. The molecule has 1 aromatic carbocycles. The van der Waals surface area contributed by atoms with Gasteiger partial charge in [0.25, 0.3) is 5.91 Å². The van der Waals surface area contributed by atoms with Gasteiger partial charge in [0, 0.05) is 54.3 Å². The van der Waals surface area contributed by atoms with Crippen molar-refractivity contribution >= 4 is 22.6 Å². The zero-order valence-electron chi connectivity index (χ0n) is 18.9. The molecule has 3 aliphatic rings. The van der Waals surface area contributed by atoms with Crippen LogP contribution in [0.1, 0.15) is 35.6 Å². The zero-order valence-corrected chi connectivity index (χ0v) is 18.9. The number of rotatable bonds is 4. The predicted molar refractivity (Wildman–Crippen MR) is 125 cm³/mol. The van der Waals surface area contributed by atoms with Crippen molar-refractivity contribution in [3.8, 4) is 5.75 Å². The number of hydrogen-bond acceptors (Lipinski definition) is 7. The minimum atomic E-state index is -0.654. The lowest BCUT2D eigenvalue weighted by atomic mass is 9.83. The average molecular weight is 477 g/mol. The van der Waals surface area contributed by atoms with Crippen molar-refractivity contribution in [2.45, 2.75) is 38.1 Å². The number of likely N-dealkylation sites (tertiary alicyclic amines) is 1. The summed E-state index contributed by atoms with van der Waals surface area (Å²) in [5, 5.41) is 12.0. The van der Waals surface area contributed by atoms with E-state index in [9.17, 15) is 24.5 Å². The Hall–Kier alpha value is -3.95. The summed E-state index contributed by atoms with van der Waals surface area (Å²) in [5.41, 5.74) is 1.68. The Morgan fingerprint density at radius 3 is 2.77 bits per heavy atom. The number of nitrogens with zero attached hydrogens (tertiary/aromatic N) is 3. The van der Waals surface area contributed by atoms with Crippen LogP contribution in [0.15, 0.2) is 44.3 Å². The van der Waals surface area contributed by atoms with E-state index in [1.54, 1.807) is 23.1 Å². The Balaban J connectivity index is 1.17. The molecule has 2 aromatic heterocycles. The number of ether oxygens (including phenoxy) is 1. The molecule has 1 unspecified atom stereocenters. The highest BCUT2D eigenvalue weighted by Gasteiger charge is 2.37. The van der Waals surface area contributed by atoms with E-state index in [4.69, 9.17) is 9.15 Å². The van der Waals surface area contributed by atoms with E-state index >= 15 is 0 Å². The van der Waals surface area contributed by atoms with Gasteiger partial charge in [-0.05, 0) is 55.4 Å². The van der Waals surface area contributed by atoms with Crippen molar-refractivity contribution in [2.75, 3.05) is 19.7 Å². The van der Waals surface area contributed by atoms with E-state index in [2.05, 4.69) is 0 Å². The Morgan fingerprint density at radius 1 is 1.11 bits per heavy atom. The number of piperidine rings is 1. The average Bonchev–Trinajstić information content (AvgIpc) is 3.34. The van der Waals surface area contributed by atoms with Crippen LogP contribution in [0.5, 0.6) is 5.75 Å². The number of carbonyl (C=O) groups excluding carboxylic acids is 1. The summed E-state index contributed by atoms with van der Waals surface area (Å²) in [6, 6.07) is 8.20. The Labute approximate surface area is 198 Å². The Morgan fingerprint density at radius 2 is 1.94 bits per heavy atom. The van der Waals surface area contributed by atoms with E-state index < -0.39 is 16.2 Å². The third-order valence-corrected chi connectivity index (χ3v) is 7.44. The largest absolute Gasteiger partial charge is 0.484 e. The maximum absolute atomic E-state index is 13.0. The standard InChI is InChI=1S/C25H23N3O7/c29-23(13-34-16-4-5-18-17-2-1-3-19(17)25(31)35-22(18)9-16)26-10-14-8-15(12-26)20-6-7-21(28(32)33)24(30)27(20)11-14/h4-7,9,14-15H,1-3,8,10-13H2/t14-,15?/m0/s1. The van der Waals surface area contributed by atoms with E-state index in [-0.39, 0.29) is 30.0 Å². The second-order valence-corrected chi connectivity index (χ2v) is 9.56. The van der Waals surface area contributed by atoms with Crippen LogP contribution in [0.25, 0.3) is 11.0 Å². The van der Waals surface area contributed by atoms with Crippen molar-refractivity contribution in [1.29, 1.82) is 0 Å². The van der Waals surface area contributed by atoms with Gasteiger partial charge in [0.05, 0.1) is 4.92 Å². The molecule has 0 spiro atoms. The third kappa shape index (κ3) is 3.60. The van der Waals surface area contributed by atoms with Crippen LogP contribution in [0.3, 0.4) is 0 Å². The molecule has 35 heavy (non-hydrogen) atoms. The molecule has 2 aliphatic heterocycles. The summed E-state index contributed by atoms with van der Waals surface area (Å²) in [4.78, 5) is 49.9. The SMILES string of the molecule is O=C(COc1ccc2c3c(c(=O)oc2c1)CCC3)N1CC2C[C@@H](C1)Cn1c2ccc([N+](=O)[O-])c1=O. The van der Waals surface area contributed by atoms with Crippen LogP contribution in [-0.4, -0.2) is 40.0 Å². The molecule has 6 rings (SSSR count). The summed E-state index contributed by atoms with van der Waals surface area (Å²) >= 11 is 0. The van der Waals surface area contributed by atoms with Crippen LogP contribution < -0.4 is 15.9 Å². The molecule has 10 nitrogen and oxygen atoms in total. The van der Waals surface area contributed by atoms with E-state index in [1.807, 2.05) is 6.07 Å². The molecule has 0 N–H and O–H groups in total. The molecule has 10 heteroatoms. The molecule has 0 saturated carbocycles. The smallest absolute Gasteiger partial charge is 0.339 e. The van der Waals surface area contributed by atoms with Crippen LogP contribution in [-0.2, 0) is 24.2 Å². The quantitative estimate of drug-likeness (QED) is 0.321. The third-order valence-electron chi connectivity index (χ3n) is 7.44. The Kier molecular flexibility index (Phi) is 4.98. The topological polar surface area (TPSA) is 125 Å². The van der Waals surface area contributed by atoms with E-state index in [0.29, 0.717) is 31.0 Å². The predicted octanol–water partition coefficient (Wildman–Crippen LogP) is 2.38. The van der Waals surface area contributed by atoms with Crippen LogP contribution in [0, 0.1) is 16.0 Å². The van der Waals surface area contributed by atoms with Gasteiger partial charge in [0.15, 0.2) is 6.61 Å². The molecule has 1 aliphatic carbocycles. The highest BCUT2D eigenvalue weighted by atomic mass is 16.6. The maximum Gasteiger partial charge on any atom is 0.339 e. The molecule has 1 fully saturated rings. The van der Waals surface area contributed by atoms with Gasteiger partial charge >= 0.3 is 16.9 Å². The second kappa shape index (κ2) is 8.07. The lowest BCUT2D eigenvalue weighted by molar-refractivity contribution is -0.386. The van der Waals surface area contributed by atoms with Crippen molar-refractivity contribution in [2.24, 2.45) is 5.92 Å². The first-order valence-electron chi connectivity index (χ1n) is 11.8. The molecule has 2 bridgehead atoms. The number of fused-ring (bicyclic) bond motifs is 7. The number of amides is 1. The van der Waals surface area contributed by atoms with E-state index in [1.165, 1.54) is 10.6 Å². The first-order chi connectivity index (χ1) is 16.9. The van der Waals surface area contributed by atoms with Crippen molar-refractivity contribution in [3.05, 3.63) is 78.0 Å². The van der Waals surface area contributed by atoms with Gasteiger partial charge in [-0.2, -0.15) is 0 Å². The van der Waals surface area contributed by atoms with Crippen LogP contribution >= 0.6 is 0 Å². The molecule has 0 radical (unpaired) electrons. The number of hydrogen-bond donors (Lipinski definition) is 0. The van der Waals surface area contributed by atoms with Gasteiger partial charge in [-0.25, -0.2) is 4.79 Å². The zero-order chi connectivity index (χ0) is 24.3. The monoisotopic (exact) mass is 477 g/mol. The van der Waals surface area contributed by atoms with Gasteiger partial charge in [-0.1, -0.05) is 0 Å². The number of aromatic nitrogens is 1. The summed E-state index contributed by atoms with van der Waals surface area (Å²) in [6.07, 6.45) is 3.37. The molecular weight excluding hydrogens is 454 g/mol.